The third-order valence-electron chi connectivity index (χ3n) is 9.27. The van der Waals surface area contributed by atoms with Gasteiger partial charge >= 0.3 is 0 Å². The van der Waals surface area contributed by atoms with E-state index >= 15 is 0 Å². The zero-order valence-electron chi connectivity index (χ0n) is 28.3. The number of para-hydroxylation sites is 1. The molecule has 0 saturated heterocycles. The number of hydrogen-bond acceptors (Lipinski definition) is 10. The minimum absolute atomic E-state index is 0.288. The molecule has 0 radical (unpaired) electrons. The molecule has 4 aromatic rings. The van der Waals surface area contributed by atoms with Crippen molar-refractivity contribution in [3.8, 4) is 16.9 Å². The second-order valence-corrected chi connectivity index (χ2v) is 14.7. The number of aliphatic hydroxyl groups excluding tert-OH is 5. The van der Waals surface area contributed by atoms with Gasteiger partial charge in [0, 0.05) is 58.3 Å². The van der Waals surface area contributed by atoms with Crippen LogP contribution in [0.15, 0.2) is 90.1 Å². The Morgan fingerprint density at radius 2 is 1.71 bits per heavy atom. The predicted molar refractivity (Wildman–Crippen MR) is 195 cm³/mol. The van der Waals surface area contributed by atoms with E-state index in [9.17, 15) is 25.2 Å². The number of halogens is 1. The molecule has 51 heavy (non-hydrogen) atoms. The molecular weight excluding hydrogens is 692 g/mol. The largest absolute Gasteiger partial charge is 0.490 e. The number of rotatable bonds is 17. The van der Waals surface area contributed by atoms with Gasteiger partial charge in [0.05, 0.1) is 24.9 Å². The number of pyridine rings is 1. The molecule has 1 amide bonds. The maximum atomic E-state index is 12.9. The Hall–Kier alpha value is -3.52. The summed E-state index contributed by atoms with van der Waals surface area (Å²) in [7, 11) is 1.46. The van der Waals surface area contributed by atoms with Gasteiger partial charge in [0.1, 0.15) is 30.2 Å². The minimum Gasteiger partial charge on any atom is -0.490 e. The highest BCUT2D eigenvalue weighted by Crippen LogP contribution is 2.53. The molecule has 1 aromatic heterocycles. The molecule has 1 heterocycles. The van der Waals surface area contributed by atoms with Gasteiger partial charge in [-0.25, -0.2) is 0 Å². The van der Waals surface area contributed by atoms with E-state index in [1.54, 1.807) is 23.9 Å². The van der Waals surface area contributed by atoms with Crippen molar-refractivity contribution in [1.29, 1.82) is 0 Å². The number of ether oxygens (including phenoxy) is 2. The summed E-state index contributed by atoms with van der Waals surface area (Å²) in [5.41, 5.74) is 5.00. The van der Waals surface area contributed by atoms with E-state index in [-0.39, 0.29) is 18.6 Å². The highest BCUT2D eigenvalue weighted by Gasteiger charge is 2.48. The lowest BCUT2D eigenvalue weighted by molar-refractivity contribution is -0.117. The van der Waals surface area contributed by atoms with Gasteiger partial charge in [-0.15, -0.1) is 11.8 Å². The summed E-state index contributed by atoms with van der Waals surface area (Å²) in [5.74, 6) is 1.14. The van der Waals surface area contributed by atoms with Crippen molar-refractivity contribution in [3.63, 3.8) is 0 Å². The van der Waals surface area contributed by atoms with Gasteiger partial charge < -0.3 is 39.9 Å². The van der Waals surface area contributed by atoms with Crippen molar-refractivity contribution in [3.05, 3.63) is 112 Å². The third-order valence-corrected chi connectivity index (χ3v) is 10.7. The van der Waals surface area contributed by atoms with Crippen LogP contribution in [0.2, 0.25) is 5.02 Å². The van der Waals surface area contributed by atoms with Crippen LogP contribution in [0, 0.1) is 0 Å². The minimum atomic E-state index is -1.76. The molecule has 0 aliphatic heterocycles. The number of hydrogen-bond donors (Lipinski definition) is 5. The highest BCUT2D eigenvalue weighted by atomic mass is 35.5. The monoisotopic (exact) mass is 734 g/mol. The van der Waals surface area contributed by atoms with Crippen molar-refractivity contribution in [2.24, 2.45) is 0 Å². The normalized spacial score (nSPS) is 17.3. The Balaban J connectivity index is 1.05. The number of benzene rings is 3. The lowest BCUT2D eigenvalue weighted by atomic mass is 9.96. The summed E-state index contributed by atoms with van der Waals surface area (Å²) in [6.07, 6.45) is 1.31. The Bertz CT molecular complexity index is 1800. The molecule has 12 heteroatoms. The number of carbonyl (C=O) groups is 1. The third kappa shape index (κ3) is 9.11. The molecule has 3 aromatic carbocycles. The first-order valence-corrected chi connectivity index (χ1v) is 18.4. The van der Waals surface area contributed by atoms with Crippen molar-refractivity contribution in [1.82, 2.24) is 9.88 Å². The fourth-order valence-corrected chi connectivity index (χ4v) is 6.98. The summed E-state index contributed by atoms with van der Waals surface area (Å²) >= 11 is 8.29. The fourth-order valence-electron chi connectivity index (χ4n) is 5.89. The van der Waals surface area contributed by atoms with E-state index in [2.05, 4.69) is 17.1 Å². The van der Waals surface area contributed by atoms with Crippen LogP contribution in [-0.2, 0) is 22.7 Å². The Labute approximate surface area is 306 Å². The fraction of sp³-hybridized carbons (Fsp3) is 0.385. The molecule has 10 nitrogen and oxygen atoms in total. The van der Waals surface area contributed by atoms with Gasteiger partial charge in [-0.05, 0) is 84.8 Å². The van der Waals surface area contributed by atoms with Gasteiger partial charge in [-0.2, -0.15) is 0 Å². The molecule has 270 valence electrons. The average molecular weight is 735 g/mol. The summed E-state index contributed by atoms with van der Waals surface area (Å²) in [6, 6.07) is 23.2. The SMILES string of the molecule is CN(CC(O)C(O)C(O)C(O)CO)C(=O)c1ccc(CSc2ccc(Cl)c(COC3(c4cnccc4-c4ccccc4OC4CC4)CC3)c2)cc1. The molecule has 0 spiro atoms. The van der Waals surface area contributed by atoms with E-state index in [0.717, 1.165) is 64.1 Å². The number of aromatic nitrogens is 1. The van der Waals surface area contributed by atoms with Crippen molar-refractivity contribution < 1.29 is 39.8 Å². The lowest BCUT2D eigenvalue weighted by Gasteiger charge is -2.28. The highest BCUT2D eigenvalue weighted by molar-refractivity contribution is 7.98. The second-order valence-electron chi connectivity index (χ2n) is 13.2. The maximum Gasteiger partial charge on any atom is 0.253 e. The van der Waals surface area contributed by atoms with Crippen LogP contribution in [-0.4, -0.2) is 92.0 Å². The van der Waals surface area contributed by atoms with Crippen molar-refractivity contribution in [2.45, 2.75) is 79.1 Å². The summed E-state index contributed by atoms with van der Waals surface area (Å²) in [4.78, 5) is 19.6. The second kappa shape index (κ2) is 16.4. The molecule has 2 fully saturated rings. The first kappa shape index (κ1) is 37.2. The topological polar surface area (TPSA) is 153 Å². The molecule has 2 aliphatic carbocycles. The van der Waals surface area contributed by atoms with Crippen LogP contribution >= 0.6 is 23.4 Å². The van der Waals surface area contributed by atoms with Crippen LogP contribution in [0.1, 0.15) is 52.7 Å². The molecule has 2 aliphatic rings. The Morgan fingerprint density at radius 3 is 2.41 bits per heavy atom. The van der Waals surface area contributed by atoms with E-state index < -0.39 is 36.6 Å². The summed E-state index contributed by atoms with van der Waals surface area (Å²) < 4.78 is 12.9. The van der Waals surface area contributed by atoms with Gasteiger partial charge in [-0.3, -0.25) is 9.78 Å². The average Bonchev–Trinajstić information content (AvgIpc) is 4.11. The van der Waals surface area contributed by atoms with E-state index in [4.69, 9.17) is 26.2 Å². The van der Waals surface area contributed by atoms with Crippen LogP contribution in [0.5, 0.6) is 5.75 Å². The van der Waals surface area contributed by atoms with Gasteiger partial charge in [0.25, 0.3) is 5.91 Å². The molecule has 2 saturated carbocycles. The summed E-state index contributed by atoms with van der Waals surface area (Å²) in [6.45, 7) is -0.721. The van der Waals surface area contributed by atoms with Crippen LogP contribution in [0.3, 0.4) is 0 Å². The van der Waals surface area contributed by atoms with Crippen molar-refractivity contribution >= 4 is 29.3 Å². The Morgan fingerprint density at radius 1 is 0.980 bits per heavy atom. The first-order chi connectivity index (χ1) is 24.6. The van der Waals surface area contributed by atoms with Crippen molar-refractivity contribution in [2.75, 3.05) is 20.2 Å². The van der Waals surface area contributed by atoms with Crippen LogP contribution in [0.25, 0.3) is 11.1 Å². The number of thioether (sulfide) groups is 1. The smallest absolute Gasteiger partial charge is 0.253 e. The number of nitrogens with zero attached hydrogens (tertiary/aromatic N) is 2. The number of aliphatic hydroxyl groups is 5. The van der Waals surface area contributed by atoms with E-state index in [1.165, 1.54) is 11.9 Å². The molecular formula is C39H43ClN2O8S. The molecule has 6 rings (SSSR count). The molecule has 0 bridgehead atoms. The Kier molecular flexibility index (Phi) is 12.0. The van der Waals surface area contributed by atoms with E-state index in [0.29, 0.717) is 22.9 Å². The first-order valence-electron chi connectivity index (χ1n) is 17.0. The van der Waals surface area contributed by atoms with Gasteiger partial charge in [-0.1, -0.05) is 41.9 Å². The molecule has 4 unspecified atom stereocenters. The molecule has 4 atom stereocenters. The van der Waals surface area contributed by atoms with E-state index in [1.807, 2.05) is 60.9 Å². The van der Waals surface area contributed by atoms with Gasteiger partial charge in [0.15, 0.2) is 0 Å². The summed E-state index contributed by atoms with van der Waals surface area (Å²) in [5, 5.41) is 49.3. The standard InChI is InChI=1S/C39H43ClN2O8S/c1-42(20-33(44)36(46)37(47)34(45)21-43)38(48)25-8-6-24(7-9-25)23-51-28-12-13-32(40)26(18-28)22-49-39(15-16-39)31-19-41-17-14-29(31)30-4-2-3-5-35(30)50-27-10-11-27/h2-9,12-14,17-19,27,33-34,36-37,43-47H,10-11,15-16,20-23H2,1H3. The zero-order chi connectivity index (χ0) is 36.1. The predicted octanol–water partition coefficient (Wildman–Crippen LogP) is 4.95. The maximum absolute atomic E-state index is 12.9. The van der Waals surface area contributed by atoms with Gasteiger partial charge in [0.2, 0.25) is 0 Å². The molecule has 5 N–H and O–H groups in total. The number of likely N-dealkylation sites (N-methyl/N-ethyl adjacent to an activating group) is 1. The quantitative estimate of drug-likeness (QED) is 0.0943. The van der Waals surface area contributed by atoms with Crippen LogP contribution in [0.4, 0.5) is 0 Å². The van der Waals surface area contributed by atoms with Crippen LogP contribution < -0.4 is 4.74 Å². The zero-order valence-corrected chi connectivity index (χ0v) is 29.8. The number of carbonyl (C=O) groups excluding carboxylic acids is 1. The lowest BCUT2D eigenvalue weighted by Crippen LogP contribution is -2.49. The number of amides is 1.